The monoisotopic (exact) mass is 297 g/mol. The maximum absolute atomic E-state index is 13.3. The predicted molar refractivity (Wildman–Crippen MR) is 59.3 cm³/mol. The summed E-state index contributed by atoms with van der Waals surface area (Å²) < 4.78 is 69.5. The standard InChI is InChI=1S/C12H12F5NO2/c1-4(2)12(3,18)11(19)20-10-8(16)6(14)5(13)7(15)9(10)17/h4H,18H2,1-3H3/t12-/m1/s1. The minimum atomic E-state index is -2.33. The third-order valence-electron chi connectivity index (χ3n) is 3.00. The summed E-state index contributed by atoms with van der Waals surface area (Å²) in [5, 5.41) is 0. The first-order chi connectivity index (χ1) is 9.01. The molecule has 0 aromatic heterocycles. The second kappa shape index (κ2) is 5.35. The van der Waals surface area contributed by atoms with E-state index in [2.05, 4.69) is 4.74 Å². The van der Waals surface area contributed by atoms with Gasteiger partial charge in [-0.2, -0.15) is 8.78 Å². The molecule has 112 valence electrons. The average molecular weight is 297 g/mol. The van der Waals surface area contributed by atoms with Gasteiger partial charge in [-0.25, -0.2) is 18.0 Å². The molecule has 8 heteroatoms. The lowest BCUT2D eigenvalue weighted by molar-refractivity contribution is -0.142. The molecular weight excluding hydrogens is 285 g/mol. The van der Waals surface area contributed by atoms with E-state index < -0.39 is 52.3 Å². The van der Waals surface area contributed by atoms with Gasteiger partial charge in [0.1, 0.15) is 5.54 Å². The summed E-state index contributed by atoms with van der Waals surface area (Å²) in [4.78, 5) is 11.7. The van der Waals surface area contributed by atoms with Crippen molar-refractivity contribution in [3.8, 4) is 5.75 Å². The normalized spacial score (nSPS) is 14.3. The molecule has 0 amide bonds. The molecule has 0 bridgehead atoms. The molecule has 0 aliphatic rings. The van der Waals surface area contributed by atoms with Crippen molar-refractivity contribution >= 4 is 5.97 Å². The Morgan fingerprint density at radius 3 is 1.70 bits per heavy atom. The van der Waals surface area contributed by atoms with Crippen molar-refractivity contribution in [1.29, 1.82) is 0 Å². The molecule has 0 heterocycles. The van der Waals surface area contributed by atoms with E-state index in [0.717, 1.165) is 0 Å². The predicted octanol–water partition coefficient (Wildman–Crippen LogP) is 2.66. The van der Waals surface area contributed by atoms with Crippen molar-refractivity contribution in [1.82, 2.24) is 0 Å². The van der Waals surface area contributed by atoms with Crippen molar-refractivity contribution in [3.05, 3.63) is 29.1 Å². The maximum Gasteiger partial charge on any atom is 0.331 e. The quantitative estimate of drug-likeness (QED) is 0.307. The zero-order chi connectivity index (χ0) is 15.8. The maximum atomic E-state index is 13.3. The van der Waals surface area contributed by atoms with Crippen LogP contribution in [0.15, 0.2) is 0 Å². The third kappa shape index (κ3) is 2.60. The number of hydrogen-bond donors (Lipinski definition) is 1. The molecule has 20 heavy (non-hydrogen) atoms. The highest BCUT2D eigenvalue weighted by molar-refractivity contribution is 5.82. The lowest BCUT2D eigenvalue weighted by atomic mass is 9.90. The molecule has 0 aliphatic carbocycles. The molecule has 0 spiro atoms. The zero-order valence-corrected chi connectivity index (χ0v) is 10.9. The Labute approximate surface area is 111 Å². The van der Waals surface area contributed by atoms with Gasteiger partial charge >= 0.3 is 5.97 Å². The Bertz CT molecular complexity index is 528. The number of hydrogen-bond acceptors (Lipinski definition) is 3. The van der Waals surface area contributed by atoms with Gasteiger partial charge in [-0.1, -0.05) is 13.8 Å². The SMILES string of the molecule is CC(C)[C@@](C)(N)C(=O)Oc1c(F)c(F)c(F)c(F)c1F. The molecule has 0 aliphatic heterocycles. The lowest BCUT2D eigenvalue weighted by Crippen LogP contribution is -2.52. The van der Waals surface area contributed by atoms with Crippen LogP contribution < -0.4 is 10.5 Å². The van der Waals surface area contributed by atoms with Crippen molar-refractivity contribution in [3.63, 3.8) is 0 Å². The van der Waals surface area contributed by atoms with E-state index in [1.807, 2.05) is 0 Å². The van der Waals surface area contributed by atoms with Crippen LogP contribution in [0.3, 0.4) is 0 Å². The van der Waals surface area contributed by atoms with Crippen LogP contribution in [-0.4, -0.2) is 11.5 Å². The van der Waals surface area contributed by atoms with E-state index >= 15 is 0 Å². The molecule has 3 nitrogen and oxygen atoms in total. The van der Waals surface area contributed by atoms with Crippen molar-refractivity contribution < 1.29 is 31.5 Å². The van der Waals surface area contributed by atoms with E-state index in [0.29, 0.717) is 0 Å². The van der Waals surface area contributed by atoms with Crippen LogP contribution in [0.5, 0.6) is 5.75 Å². The second-order valence-electron chi connectivity index (χ2n) is 4.73. The van der Waals surface area contributed by atoms with Crippen molar-refractivity contribution in [2.45, 2.75) is 26.3 Å². The minimum Gasteiger partial charge on any atom is -0.419 e. The summed E-state index contributed by atoms with van der Waals surface area (Å²) in [6.07, 6.45) is 0. The van der Waals surface area contributed by atoms with Gasteiger partial charge in [-0.05, 0) is 12.8 Å². The summed E-state index contributed by atoms with van der Waals surface area (Å²) in [6.45, 7) is 4.27. The molecular formula is C12H12F5NO2. The topological polar surface area (TPSA) is 52.3 Å². The van der Waals surface area contributed by atoms with Gasteiger partial charge in [0, 0.05) is 0 Å². The van der Waals surface area contributed by atoms with Crippen LogP contribution >= 0.6 is 0 Å². The summed E-state index contributed by atoms with van der Waals surface area (Å²) in [6, 6.07) is 0. The first kappa shape index (κ1) is 16.4. The summed E-state index contributed by atoms with van der Waals surface area (Å²) >= 11 is 0. The molecule has 1 rings (SSSR count). The highest BCUT2D eigenvalue weighted by Gasteiger charge is 2.37. The average Bonchev–Trinajstić information content (AvgIpc) is 2.38. The Morgan fingerprint density at radius 1 is 1.00 bits per heavy atom. The fourth-order valence-electron chi connectivity index (χ4n) is 1.11. The number of carbonyl (C=O) groups is 1. The zero-order valence-electron chi connectivity index (χ0n) is 10.9. The van der Waals surface area contributed by atoms with Gasteiger partial charge in [0.2, 0.25) is 34.8 Å². The van der Waals surface area contributed by atoms with Crippen molar-refractivity contribution in [2.75, 3.05) is 0 Å². The molecule has 1 atom stereocenters. The molecule has 0 unspecified atom stereocenters. The van der Waals surface area contributed by atoms with Crippen LogP contribution in [0.25, 0.3) is 0 Å². The number of halogens is 5. The largest absolute Gasteiger partial charge is 0.419 e. The highest BCUT2D eigenvalue weighted by Crippen LogP contribution is 2.30. The fraction of sp³-hybridized carbons (Fsp3) is 0.417. The molecule has 0 fully saturated rings. The van der Waals surface area contributed by atoms with Crippen LogP contribution in [0.2, 0.25) is 0 Å². The van der Waals surface area contributed by atoms with Crippen LogP contribution in [0, 0.1) is 35.0 Å². The molecule has 0 saturated heterocycles. The smallest absolute Gasteiger partial charge is 0.331 e. The number of rotatable bonds is 3. The Balaban J connectivity index is 3.27. The number of ether oxygens (including phenoxy) is 1. The van der Waals surface area contributed by atoms with Gasteiger partial charge in [-0.15, -0.1) is 0 Å². The lowest BCUT2D eigenvalue weighted by Gasteiger charge is -2.26. The molecule has 0 saturated carbocycles. The van der Waals surface area contributed by atoms with E-state index in [1.54, 1.807) is 0 Å². The van der Waals surface area contributed by atoms with Crippen LogP contribution in [0.4, 0.5) is 22.0 Å². The molecule has 1 aromatic rings. The molecule has 1 aromatic carbocycles. The number of nitrogens with two attached hydrogens (primary N) is 1. The van der Waals surface area contributed by atoms with Gasteiger partial charge in [0.05, 0.1) is 0 Å². The summed E-state index contributed by atoms with van der Waals surface area (Å²) in [5.74, 6) is -14.6. The summed E-state index contributed by atoms with van der Waals surface area (Å²) in [7, 11) is 0. The first-order valence-corrected chi connectivity index (χ1v) is 5.54. The first-order valence-electron chi connectivity index (χ1n) is 5.54. The summed E-state index contributed by atoms with van der Waals surface area (Å²) in [5.41, 5.74) is 3.92. The second-order valence-corrected chi connectivity index (χ2v) is 4.73. The van der Waals surface area contributed by atoms with E-state index in [-0.39, 0.29) is 0 Å². The van der Waals surface area contributed by atoms with Gasteiger partial charge in [0.25, 0.3) is 0 Å². The Hall–Kier alpha value is -1.70. The third-order valence-corrected chi connectivity index (χ3v) is 3.00. The highest BCUT2D eigenvalue weighted by atomic mass is 19.2. The Morgan fingerprint density at radius 2 is 1.35 bits per heavy atom. The fourth-order valence-corrected chi connectivity index (χ4v) is 1.11. The molecule has 2 N–H and O–H groups in total. The number of benzene rings is 1. The van der Waals surface area contributed by atoms with E-state index in [9.17, 15) is 26.7 Å². The number of esters is 1. The Kier molecular flexibility index (Phi) is 4.38. The van der Waals surface area contributed by atoms with Crippen molar-refractivity contribution in [2.24, 2.45) is 11.7 Å². The number of carbonyl (C=O) groups excluding carboxylic acids is 1. The van der Waals surface area contributed by atoms with Gasteiger partial charge < -0.3 is 10.5 Å². The van der Waals surface area contributed by atoms with E-state index in [4.69, 9.17) is 5.73 Å². The molecule has 0 radical (unpaired) electrons. The van der Waals surface area contributed by atoms with Gasteiger partial charge in [0.15, 0.2) is 0 Å². The minimum absolute atomic E-state index is 0.490. The van der Waals surface area contributed by atoms with Crippen LogP contribution in [-0.2, 0) is 4.79 Å². The van der Waals surface area contributed by atoms with E-state index in [1.165, 1.54) is 20.8 Å². The van der Waals surface area contributed by atoms with Crippen LogP contribution in [0.1, 0.15) is 20.8 Å². The van der Waals surface area contributed by atoms with Gasteiger partial charge in [-0.3, -0.25) is 0 Å².